The Labute approximate surface area is 116 Å². The van der Waals surface area contributed by atoms with Crippen LogP contribution in [0.4, 0.5) is 5.69 Å². The molecule has 0 unspecified atom stereocenters. The largest absolute Gasteiger partial charge is 0.423 e. The molecule has 19 heavy (non-hydrogen) atoms. The number of carbonyl (C=O) groups is 1. The van der Waals surface area contributed by atoms with E-state index in [2.05, 4.69) is 5.32 Å². The zero-order chi connectivity index (χ0) is 13.1. The molecular formula is C13H15ClN2O3. The van der Waals surface area contributed by atoms with Crippen molar-refractivity contribution >= 4 is 35.0 Å². The second-order valence-corrected chi connectivity index (χ2v) is 4.05. The molecule has 1 aromatic heterocycles. The highest BCUT2D eigenvalue weighted by Gasteiger charge is 2.05. The minimum absolute atomic E-state index is 0. The third kappa shape index (κ3) is 3.56. The van der Waals surface area contributed by atoms with Crippen molar-refractivity contribution in [3.63, 3.8) is 0 Å². The minimum atomic E-state index is -0.398. The monoisotopic (exact) mass is 282 g/mol. The van der Waals surface area contributed by atoms with Crippen molar-refractivity contribution < 1.29 is 9.21 Å². The van der Waals surface area contributed by atoms with Crippen molar-refractivity contribution in [2.45, 2.75) is 13.3 Å². The summed E-state index contributed by atoms with van der Waals surface area (Å²) >= 11 is 0. The van der Waals surface area contributed by atoms with E-state index >= 15 is 0 Å². The molecule has 2 rings (SSSR count). The molecule has 0 aliphatic heterocycles. The Kier molecular flexibility index (Phi) is 5.09. The van der Waals surface area contributed by atoms with E-state index in [4.69, 9.17) is 10.2 Å². The highest BCUT2D eigenvalue weighted by atomic mass is 35.5. The van der Waals surface area contributed by atoms with Crippen LogP contribution in [0.25, 0.3) is 11.0 Å². The van der Waals surface area contributed by atoms with Gasteiger partial charge in [-0.1, -0.05) is 0 Å². The summed E-state index contributed by atoms with van der Waals surface area (Å²) in [5.41, 5.74) is 6.80. The molecule has 3 N–H and O–H groups in total. The van der Waals surface area contributed by atoms with E-state index in [1.165, 1.54) is 6.07 Å². The molecule has 1 heterocycles. The summed E-state index contributed by atoms with van der Waals surface area (Å²) < 4.78 is 5.09. The van der Waals surface area contributed by atoms with Crippen molar-refractivity contribution in [3.05, 3.63) is 40.2 Å². The SMILES string of the molecule is Cc1cc(=O)oc2cc(NC(=O)CCN)ccc12.Cl. The lowest BCUT2D eigenvalue weighted by molar-refractivity contribution is -0.116. The lowest BCUT2D eigenvalue weighted by Gasteiger charge is -2.06. The van der Waals surface area contributed by atoms with Gasteiger partial charge in [0.2, 0.25) is 5.91 Å². The molecule has 0 saturated heterocycles. The number of hydrogen-bond donors (Lipinski definition) is 2. The standard InChI is InChI=1S/C13H14N2O3.ClH/c1-8-6-13(17)18-11-7-9(2-3-10(8)11)15-12(16)4-5-14;/h2-3,6-7H,4-5,14H2,1H3,(H,15,16);1H. The maximum atomic E-state index is 11.4. The second kappa shape index (κ2) is 6.36. The number of nitrogens with two attached hydrogens (primary N) is 1. The van der Waals surface area contributed by atoms with E-state index in [0.29, 0.717) is 17.8 Å². The molecule has 0 saturated carbocycles. The fraction of sp³-hybridized carbons (Fsp3) is 0.231. The number of aryl methyl sites for hydroxylation is 1. The number of fused-ring (bicyclic) bond motifs is 1. The van der Waals surface area contributed by atoms with E-state index in [9.17, 15) is 9.59 Å². The molecule has 0 atom stereocenters. The number of amides is 1. The lowest BCUT2D eigenvalue weighted by Crippen LogP contribution is -2.16. The fourth-order valence-electron chi connectivity index (χ4n) is 1.76. The quantitative estimate of drug-likeness (QED) is 0.841. The molecule has 1 amide bonds. The Balaban J connectivity index is 0.00000180. The van der Waals surface area contributed by atoms with Crippen LogP contribution in [0.5, 0.6) is 0 Å². The summed E-state index contributed by atoms with van der Waals surface area (Å²) in [4.78, 5) is 22.7. The van der Waals surface area contributed by atoms with Crippen LogP contribution in [0.15, 0.2) is 33.5 Å². The lowest BCUT2D eigenvalue weighted by atomic mass is 10.1. The second-order valence-electron chi connectivity index (χ2n) is 4.05. The first-order valence-electron chi connectivity index (χ1n) is 5.64. The molecule has 6 heteroatoms. The summed E-state index contributed by atoms with van der Waals surface area (Å²) in [6, 6.07) is 6.66. The Bertz CT molecular complexity index is 652. The van der Waals surface area contributed by atoms with Gasteiger partial charge in [-0.3, -0.25) is 4.79 Å². The molecule has 1 aromatic carbocycles. The van der Waals surface area contributed by atoms with Crippen molar-refractivity contribution in [1.29, 1.82) is 0 Å². The van der Waals surface area contributed by atoms with Crippen LogP contribution in [0.3, 0.4) is 0 Å². The van der Waals surface area contributed by atoms with Gasteiger partial charge in [0, 0.05) is 36.2 Å². The van der Waals surface area contributed by atoms with Gasteiger partial charge in [-0.25, -0.2) is 4.79 Å². The fourth-order valence-corrected chi connectivity index (χ4v) is 1.76. The molecule has 0 bridgehead atoms. The summed E-state index contributed by atoms with van der Waals surface area (Å²) in [6.45, 7) is 2.14. The molecular weight excluding hydrogens is 268 g/mol. The Morgan fingerprint density at radius 3 is 2.79 bits per heavy atom. The molecule has 0 radical (unpaired) electrons. The van der Waals surface area contributed by atoms with Crippen LogP contribution in [0.1, 0.15) is 12.0 Å². The van der Waals surface area contributed by atoms with Gasteiger partial charge in [0.1, 0.15) is 5.58 Å². The highest BCUT2D eigenvalue weighted by molar-refractivity contribution is 5.93. The number of halogens is 1. The summed E-state index contributed by atoms with van der Waals surface area (Å²) in [7, 11) is 0. The number of rotatable bonds is 3. The maximum absolute atomic E-state index is 11.4. The highest BCUT2D eigenvalue weighted by Crippen LogP contribution is 2.20. The van der Waals surface area contributed by atoms with Gasteiger partial charge in [-0.2, -0.15) is 0 Å². The average Bonchev–Trinajstić information content (AvgIpc) is 2.28. The molecule has 102 valence electrons. The Hall–Kier alpha value is -1.85. The van der Waals surface area contributed by atoms with Crippen molar-refractivity contribution in [2.24, 2.45) is 5.73 Å². The van der Waals surface area contributed by atoms with E-state index in [1.807, 2.05) is 13.0 Å². The molecule has 0 fully saturated rings. The van der Waals surface area contributed by atoms with Crippen molar-refractivity contribution in [3.8, 4) is 0 Å². The van der Waals surface area contributed by atoms with Crippen LogP contribution in [0.2, 0.25) is 0 Å². The van der Waals surface area contributed by atoms with E-state index in [0.717, 1.165) is 10.9 Å². The third-order valence-electron chi connectivity index (χ3n) is 2.61. The van der Waals surface area contributed by atoms with E-state index < -0.39 is 5.63 Å². The third-order valence-corrected chi connectivity index (χ3v) is 2.61. The number of anilines is 1. The molecule has 2 aromatic rings. The zero-order valence-electron chi connectivity index (χ0n) is 10.4. The normalized spacial score (nSPS) is 10.0. The maximum Gasteiger partial charge on any atom is 0.336 e. The van der Waals surface area contributed by atoms with Gasteiger partial charge in [0.25, 0.3) is 0 Å². The average molecular weight is 283 g/mol. The summed E-state index contributed by atoms with van der Waals surface area (Å²) in [6.07, 6.45) is 0.260. The van der Waals surface area contributed by atoms with Gasteiger partial charge in [0.15, 0.2) is 0 Å². The van der Waals surface area contributed by atoms with E-state index in [-0.39, 0.29) is 24.7 Å². The Morgan fingerprint density at radius 2 is 2.11 bits per heavy atom. The summed E-state index contributed by atoms with van der Waals surface area (Å²) in [5, 5.41) is 3.55. The number of benzene rings is 1. The van der Waals surface area contributed by atoms with E-state index in [1.54, 1.807) is 12.1 Å². The molecule has 0 spiro atoms. The predicted molar refractivity (Wildman–Crippen MR) is 76.8 cm³/mol. The first-order valence-corrected chi connectivity index (χ1v) is 5.64. The van der Waals surface area contributed by atoms with Gasteiger partial charge in [-0.15, -0.1) is 12.4 Å². The van der Waals surface area contributed by atoms with Gasteiger partial charge < -0.3 is 15.5 Å². The first-order chi connectivity index (χ1) is 8.60. The van der Waals surface area contributed by atoms with Crippen LogP contribution in [-0.4, -0.2) is 12.5 Å². The van der Waals surface area contributed by atoms with Crippen LogP contribution in [-0.2, 0) is 4.79 Å². The van der Waals surface area contributed by atoms with Crippen LogP contribution >= 0.6 is 12.4 Å². The smallest absolute Gasteiger partial charge is 0.336 e. The molecule has 5 nitrogen and oxygen atoms in total. The molecule has 0 aliphatic carbocycles. The van der Waals surface area contributed by atoms with Gasteiger partial charge in [-0.05, 0) is 24.6 Å². The predicted octanol–water partition coefficient (Wildman–Crippen LogP) is 1.81. The van der Waals surface area contributed by atoms with Crippen LogP contribution in [0, 0.1) is 6.92 Å². The number of carbonyl (C=O) groups excluding carboxylic acids is 1. The zero-order valence-corrected chi connectivity index (χ0v) is 11.3. The topological polar surface area (TPSA) is 85.3 Å². The van der Waals surface area contributed by atoms with Crippen molar-refractivity contribution in [1.82, 2.24) is 0 Å². The van der Waals surface area contributed by atoms with Crippen LogP contribution < -0.4 is 16.7 Å². The van der Waals surface area contributed by atoms with Crippen molar-refractivity contribution in [2.75, 3.05) is 11.9 Å². The minimum Gasteiger partial charge on any atom is -0.423 e. The number of hydrogen-bond acceptors (Lipinski definition) is 4. The Morgan fingerprint density at radius 1 is 1.37 bits per heavy atom. The number of nitrogens with one attached hydrogen (secondary N) is 1. The first kappa shape index (κ1) is 15.2. The van der Waals surface area contributed by atoms with Gasteiger partial charge in [0.05, 0.1) is 0 Å². The van der Waals surface area contributed by atoms with Gasteiger partial charge >= 0.3 is 5.63 Å². The summed E-state index contributed by atoms with van der Waals surface area (Å²) in [5.74, 6) is -0.160. The molecule has 0 aliphatic rings.